The molecule has 1 aliphatic carbocycles. The van der Waals surface area contributed by atoms with Gasteiger partial charge in [0.15, 0.2) is 0 Å². The molecule has 0 aromatic rings. The molecule has 0 saturated heterocycles. The Kier molecular flexibility index (Phi) is 2.66. The first kappa shape index (κ1) is 7.99. The van der Waals surface area contributed by atoms with E-state index in [0.29, 0.717) is 12.3 Å². The van der Waals surface area contributed by atoms with Gasteiger partial charge in [0.1, 0.15) is 6.17 Å². The lowest BCUT2D eigenvalue weighted by Gasteiger charge is -2.28. The van der Waals surface area contributed by atoms with Crippen molar-refractivity contribution in [1.82, 2.24) is 0 Å². The van der Waals surface area contributed by atoms with E-state index in [4.69, 9.17) is 5.73 Å². The summed E-state index contributed by atoms with van der Waals surface area (Å²) in [7, 11) is 0. The molecule has 0 aromatic heterocycles. The topological polar surface area (TPSA) is 26.0 Å². The van der Waals surface area contributed by atoms with Crippen LogP contribution in [0.3, 0.4) is 0 Å². The third-order valence-corrected chi connectivity index (χ3v) is 2.51. The summed E-state index contributed by atoms with van der Waals surface area (Å²) in [4.78, 5) is 0. The van der Waals surface area contributed by atoms with Gasteiger partial charge in [-0.25, -0.2) is 4.39 Å². The zero-order chi connectivity index (χ0) is 7.56. The molecule has 0 radical (unpaired) electrons. The smallest absolute Gasteiger partial charge is 0.115 e. The zero-order valence-corrected chi connectivity index (χ0v) is 6.52. The number of rotatable bonds is 1. The van der Waals surface area contributed by atoms with Gasteiger partial charge < -0.3 is 5.73 Å². The number of nitrogens with two attached hydrogens (primary N) is 1. The zero-order valence-electron chi connectivity index (χ0n) is 6.52. The number of halogens is 1. The van der Waals surface area contributed by atoms with Crippen LogP contribution in [0.4, 0.5) is 4.39 Å². The number of hydrogen-bond donors (Lipinski definition) is 1. The molecule has 3 unspecified atom stereocenters. The highest BCUT2D eigenvalue weighted by Crippen LogP contribution is 2.27. The van der Waals surface area contributed by atoms with Crippen molar-refractivity contribution in [2.24, 2.45) is 11.7 Å². The van der Waals surface area contributed by atoms with E-state index in [1.54, 1.807) is 0 Å². The highest BCUT2D eigenvalue weighted by atomic mass is 19.1. The standard InChI is InChI=1S/C8H16FN/c1-2-6-3-4-8(10)7(9)5-6/h6-8H,2-5,10H2,1H3. The van der Waals surface area contributed by atoms with Gasteiger partial charge in [0.2, 0.25) is 0 Å². The van der Waals surface area contributed by atoms with Crippen LogP contribution in [0.1, 0.15) is 32.6 Å². The first-order chi connectivity index (χ1) is 4.74. The van der Waals surface area contributed by atoms with Crippen LogP contribution in [0.25, 0.3) is 0 Å². The Balaban J connectivity index is 2.33. The van der Waals surface area contributed by atoms with E-state index < -0.39 is 6.17 Å². The summed E-state index contributed by atoms with van der Waals surface area (Å²) in [5.74, 6) is 0.592. The van der Waals surface area contributed by atoms with Gasteiger partial charge in [0.05, 0.1) is 0 Å². The van der Waals surface area contributed by atoms with Crippen molar-refractivity contribution >= 4 is 0 Å². The number of alkyl halides is 1. The van der Waals surface area contributed by atoms with Gasteiger partial charge in [-0.05, 0) is 25.2 Å². The maximum Gasteiger partial charge on any atom is 0.115 e. The summed E-state index contributed by atoms with van der Waals surface area (Å²) < 4.78 is 12.9. The predicted molar refractivity (Wildman–Crippen MR) is 40.5 cm³/mol. The second-order valence-electron chi connectivity index (χ2n) is 3.27. The van der Waals surface area contributed by atoms with Crippen molar-refractivity contribution in [2.45, 2.75) is 44.8 Å². The van der Waals surface area contributed by atoms with E-state index >= 15 is 0 Å². The van der Waals surface area contributed by atoms with Gasteiger partial charge in [-0.3, -0.25) is 0 Å². The van der Waals surface area contributed by atoms with Crippen LogP contribution in [-0.2, 0) is 0 Å². The Hall–Kier alpha value is -0.110. The minimum Gasteiger partial charge on any atom is -0.325 e. The Bertz CT molecular complexity index is 105. The summed E-state index contributed by atoms with van der Waals surface area (Å²) in [6.07, 6.45) is 3.06. The molecule has 0 spiro atoms. The van der Waals surface area contributed by atoms with Crippen LogP contribution in [0.15, 0.2) is 0 Å². The van der Waals surface area contributed by atoms with E-state index in [9.17, 15) is 4.39 Å². The van der Waals surface area contributed by atoms with Crippen LogP contribution in [0, 0.1) is 5.92 Å². The fourth-order valence-corrected chi connectivity index (χ4v) is 1.59. The Morgan fingerprint density at radius 1 is 1.50 bits per heavy atom. The quantitative estimate of drug-likeness (QED) is 0.598. The Labute approximate surface area is 61.8 Å². The fourth-order valence-electron chi connectivity index (χ4n) is 1.59. The third-order valence-electron chi connectivity index (χ3n) is 2.51. The first-order valence-corrected chi connectivity index (χ1v) is 4.13. The molecule has 2 heteroatoms. The molecule has 0 amide bonds. The van der Waals surface area contributed by atoms with Gasteiger partial charge in [-0.15, -0.1) is 0 Å². The lowest BCUT2D eigenvalue weighted by atomic mass is 9.84. The highest BCUT2D eigenvalue weighted by molar-refractivity contribution is 4.81. The minimum absolute atomic E-state index is 0.178. The molecule has 60 valence electrons. The molecule has 1 nitrogen and oxygen atoms in total. The molecular weight excluding hydrogens is 129 g/mol. The van der Waals surface area contributed by atoms with Gasteiger partial charge in [-0.1, -0.05) is 13.3 Å². The molecule has 1 fully saturated rings. The second kappa shape index (κ2) is 3.33. The SMILES string of the molecule is CCC1CCC(N)C(F)C1. The molecule has 10 heavy (non-hydrogen) atoms. The molecular formula is C8H16FN. The van der Waals surface area contributed by atoms with E-state index in [0.717, 1.165) is 19.3 Å². The van der Waals surface area contributed by atoms with Crippen LogP contribution < -0.4 is 5.73 Å². The monoisotopic (exact) mass is 145 g/mol. The van der Waals surface area contributed by atoms with Crippen LogP contribution in [0.5, 0.6) is 0 Å². The summed E-state index contributed by atoms with van der Waals surface area (Å²) in [6.45, 7) is 2.12. The highest BCUT2D eigenvalue weighted by Gasteiger charge is 2.26. The van der Waals surface area contributed by atoms with Gasteiger partial charge in [-0.2, -0.15) is 0 Å². The Morgan fingerprint density at radius 3 is 2.70 bits per heavy atom. The maximum absolute atomic E-state index is 12.9. The molecule has 2 N–H and O–H groups in total. The summed E-state index contributed by atoms with van der Waals surface area (Å²) in [5, 5.41) is 0. The molecule has 0 bridgehead atoms. The van der Waals surface area contributed by atoms with Crippen molar-refractivity contribution in [3.05, 3.63) is 0 Å². The van der Waals surface area contributed by atoms with E-state index in [-0.39, 0.29) is 6.04 Å². The van der Waals surface area contributed by atoms with E-state index in [1.807, 2.05) is 0 Å². The van der Waals surface area contributed by atoms with Crippen molar-refractivity contribution < 1.29 is 4.39 Å². The van der Waals surface area contributed by atoms with Crippen LogP contribution in [0.2, 0.25) is 0 Å². The average Bonchev–Trinajstić information content (AvgIpc) is 1.95. The summed E-state index contributed by atoms with van der Waals surface area (Å²) in [6, 6.07) is -0.178. The minimum atomic E-state index is -0.737. The molecule has 1 aliphatic rings. The predicted octanol–water partition coefficient (Wildman–Crippen LogP) is 1.86. The maximum atomic E-state index is 12.9. The fraction of sp³-hybridized carbons (Fsp3) is 1.00. The van der Waals surface area contributed by atoms with Crippen LogP contribution >= 0.6 is 0 Å². The first-order valence-electron chi connectivity index (χ1n) is 4.13. The lowest BCUT2D eigenvalue weighted by molar-refractivity contribution is 0.169. The van der Waals surface area contributed by atoms with Gasteiger partial charge >= 0.3 is 0 Å². The second-order valence-corrected chi connectivity index (χ2v) is 3.27. The van der Waals surface area contributed by atoms with Crippen molar-refractivity contribution in [3.8, 4) is 0 Å². The molecule has 3 atom stereocenters. The van der Waals surface area contributed by atoms with Crippen molar-refractivity contribution in [3.63, 3.8) is 0 Å². The molecule has 0 aromatic carbocycles. The summed E-state index contributed by atoms with van der Waals surface area (Å²) in [5.41, 5.74) is 5.52. The van der Waals surface area contributed by atoms with Gasteiger partial charge in [0, 0.05) is 6.04 Å². The van der Waals surface area contributed by atoms with E-state index in [1.165, 1.54) is 0 Å². The molecule has 0 heterocycles. The summed E-state index contributed by atoms with van der Waals surface area (Å²) >= 11 is 0. The van der Waals surface area contributed by atoms with Crippen molar-refractivity contribution in [2.75, 3.05) is 0 Å². The Morgan fingerprint density at radius 2 is 2.20 bits per heavy atom. The lowest BCUT2D eigenvalue weighted by Crippen LogP contribution is -2.37. The van der Waals surface area contributed by atoms with Crippen molar-refractivity contribution in [1.29, 1.82) is 0 Å². The largest absolute Gasteiger partial charge is 0.325 e. The van der Waals surface area contributed by atoms with E-state index in [2.05, 4.69) is 6.92 Å². The van der Waals surface area contributed by atoms with Crippen LogP contribution in [-0.4, -0.2) is 12.2 Å². The number of hydrogen-bond acceptors (Lipinski definition) is 1. The third kappa shape index (κ3) is 1.69. The average molecular weight is 145 g/mol. The molecule has 1 rings (SSSR count). The molecule has 0 aliphatic heterocycles. The molecule has 1 saturated carbocycles. The van der Waals surface area contributed by atoms with Gasteiger partial charge in [0.25, 0.3) is 0 Å². The normalized spacial score (nSPS) is 41.7.